The van der Waals surface area contributed by atoms with Crippen LogP contribution in [0.1, 0.15) is 33.6 Å². The SMILES string of the molecule is O=C(O)CC1Nc2cc(C(=O)NCCc3cnccn3)ccc2CN(CCc2ccccc2)C1=O. The van der Waals surface area contributed by atoms with Gasteiger partial charge < -0.3 is 20.6 Å². The number of hydrogen-bond acceptors (Lipinski definition) is 6. The topological polar surface area (TPSA) is 125 Å². The zero-order valence-corrected chi connectivity index (χ0v) is 19.2. The molecule has 0 spiro atoms. The summed E-state index contributed by atoms with van der Waals surface area (Å²) in [5.74, 6) is -1.60. The number of hydrogen-bond donors (Lipinski definition) is 3. The van der Waals surface area contributed by atoms with Crippen molar-refractivity contribution in [3.63, 3.8) is 0 Å². The number of anilines is 1. The number of fused-ring (bicyclic) bond motifs is 1. The van der Waals surface area contributed by atoms with Crippen LogP contribution < -0.4 is 10.6 Å². The lowest BCUT2D eigenvalue weighted by Gasteiger charge is -2.24. The van der Waals surface area contributed by atoms with Crippen LogP contribution in [0.5, 0.6) is 0 Å². The summed E-state index contributed by atoms with van der Waals surface area (Å²) in [6.45, 7) is 1.19. The van der Waals surface area contributed by atoms with Crippen molar-refractivity contribution in [1.29, 1.82) is 0 Å². The van der Waals surface area contributed by atoms with Crippen molar-refractivity contribution in [1.82, 2.24) is 20.2 Å². The second-order valence-electron chi connectivity index (χ2n) is 8.36. The molecule has 9 nitrogen and oxygen atoms in total. The molecule has 9 heteroatoms. The highest BCUT2D eigenvalue weighted by molar-refractivity contribution is 5.96. The first-order valence-corrected chi connectivity index (χ1v) is 11.5. The molecule has 4 rings (SSSR count). The summed E-state index contributed by atoms with van der Waals surface area (Å²) in [6, 6.07) is 14.1. The van der Waals surface area contributed by atoms with Crippen molar-refractivity contribution in [3.8, 4) is 0 Å². The molecule has 1 atom stereocenters. The van der Waals surface area contributed by atoms with E-state index in [-0.39, 0.29) is 18.2 Å². The van der Waals surface area contributed by atoms with Gasteiger partial charge in [-0.1, -0.05) is 36.4 Å². The minimum Gasteiger partial charge on any atom is -0.481 e. The zero-order chi connectivity index (χ0) is 24.6. The maximum absolute atomic E-state index is 13.2. The van der Waals surface area contributed by atoms with Gasteiger partial charge in [-0.2, -0.15) is 0 Å². The van der Waals surface area contributed by atoms with Crippen molar-refractivity contribution in [2.45, 2.75) is 31.8 Å². The Kier molecular flexibility index (Phi) is 7.67. The van der Waals surface area contributed by atoms with Gasteiger partial charge in [-0.05, 0) is 29.7 Å². The van der Waals surface area contributed by atoms with Crippen LogP contribution in [0.25, 0.3) is 0 Å². The van der Waals surface area contributed by atoms with Crippen molar-refractivity contribution >= 4 is 23.5 Å². The van der Waals surface area contributed by atoms with E-state index in [1.165, 1.54) is 0 Å². The molecular formula is C26H27N5O4. The molecule has 0 aliphatic carbocycles. The van der Waals surface area contributed by atoms with E-state index in [1.54, 1.807) is 35.6 Å². The predicted molar refractivity (Wildman–Crippen MR) is 130 cm³/mol. The van der Waals surface area contributed by atoms with E-state index < -0.39 is 12.0 Å². The zero-order valence-electron chi connectivity index (χ0n) is 19.2. The van der Waals surface area contributed by atoms with E-state index in [1.807, 2.05) is 36.4 Å². The van der Waals surface area contributed by atoms with E-state index in [9.17, 15) is 19.5 Å². The molecule has 2 amide bonds. The van der Waals surface area contributed by atoms with Crippen LogP contribution in [0.2, 0.25) is 0 Å². The summed E-state index contributed by atoms with van der Waals surface area (Å²) in [6.07, 6.45) is 5.71. The quantitative estimate of drug-likeness (QED) is 0.435. The van der Waals surface area contributed by atoms with Gasteiger partial charge in [0.1, 0.15) is 6.04 Å². The second kappa shape index (κ2) is 11.2. The van der Waals surface area contributed by atoms with Crippen molar-refractivity contribution in [3.05, 3.63) is 89.5 Å². The number of aliphatic carboxylic acids is 1. The molecule has 0 radical (unpaired) electrons. The third kappa shape index (κ3) is 6.41. The molecule has 0 saturated heterocycles. The van der Waals surface area contributed by atoms with Crippen molar-refractivity contribution in [2.75, 3.05) is 18.4 Å². The third-order valence-electron chi connectivity index (χ3n) is 5.85. The molecule has 0 fully saturated rings. The summed E-state index contributed by atoms with van der Waals surface area (Å²) in [7, 11) is 0. The number of carbonyl (C=O) groups excluding carboxylic acids is 2. The lowest BCUT2D eigenvalue weighted by atomic mass is 10.1. The maximum Gasteiger partial charge on any atom is 0.305 e. The Hall–Kier alpha value is -4.27. The average molecular weight is 474 g/mol. The van der Waals surface area contributed by atoms with Gasteiger partial charge in [0.05, 0.1) is 12.1 Å². The molecule has 3 N–H and O–H groups in total. The Bertz CT molecular complexity index is 1190. The maximum atomic E-state index is 13.2. The molecule has 180 valence electrons. The number of carboxylic acid groups (broad SMARTS) is 1. The largest absolute Gasteiger partial charge is 0.481 e. The number of carboxylic acids is 1. The fraction of sp³-hybridized carbons (Fsp3) is 0.269. The summed E-state index contributed by atoms with van der Waals surface area (Å²) in [5, 5.41) is 15.3. The number of nitrogens with one attached hydrogen (secondary N) is 2. The normalized spacial score (nSPS) is 15.0. The first-order valence-electron chi connectivity index (χ1n) is 11.5. The highest BCUT2D eigenvalue weighted by atomic mass is 16.4. The van der Waals surface area contributed by atoms with E-state index in [0.29, 0.717) is 43.7 Å². The lowest BCUT2D eigenvalue weighted by molar-refractivity contribution is -0.141. The van der Waals surface area contributed by atoms with Crippen molar-refractivity contribution < 1.29 is 19.5 Å². The number of rotatable bonds is 9. The van der Waals surface area contributed by atoms with Gasteiger partial charge in [-0.25, -0.2) is 0 Å². The van der Waals surface area contributed by atoms with Gasteiger partial charge in [-0.3, -0.25) is 24.4 Å². The van der Waals surface area contributed by atoms with E-state index in [0.717, 1.165) is 16.8 Å². The van der Waals surface area contributed by atoms with E-state index >= 15 is 0 Å². The number of amides is 2. The summed E-state index contributed by atoms with van der Waals surface area (Å²) in [4.78, 5) is 47.2. The van der Waals surface area contributed by atoms with Gasteiger partial charge in [0.15, 0.2) is 0 Å². The third-order valence-corrected chi connectivity index (χ3v) is 5.85. The van der Waals surface area contributed by atoms with Crippen LogP contribution >= 0.6 is 0 Å². The van der Waals surface area contributed by atoms with Gasteiger partial charge in [0.2, 0.25) is 5.91 Å². The van der Waals surface area contributed by atoms with Crippen LogP contribution in [-0.4, -0.2) is 56.9 Å². The minimum atomic E-state index is -1.07. The van der Waals surface area contributed by atoms with E-state index in [4.69, 9.17) is 0 Å². The Labute approximate surface area is 203 Å². The van der Waals surface area contributed by atoms with Gasteiger partial charge in [0.25, 0.3) is 5.91 Å². The Morgan fingerprint density at radius 1 is 1.11 bits per heavy atom. The Morgan fingerprint density at radius 3 is 2.69 bits per heavy atom. The first kappa shape index (κ1) is 23.9. The molecule has 35 heavy (non-hydrogen) atoms. The average Bonchev–Trinajstić information content (AvgIpc) is 2.99. The van der Waals surface area contributed by atoms with Gasteiger partial charge in [0, 0.05) is 55.9 Å². The predicted octanol–water partition coefficient (Wildman–Crippen LogP) is 2.29. The number of aromatic nitrogens is 2. The monoisotopic (exact) mass is 473 g/mol. The number of nitrogens with zero attached hydrogens (tertiary/aromatic N) is 3. The molecule has 3 aromatic rings. The standard InChI is InChI=1S/C26H27N5O4/c32-24(33)15-23-26(35)31(13-9-18-4-2-1-3-5-18)17-20-7-6-19(14-22(20)30-23)25(34)29-10-8-21-16-27-11-12-28-21/h1-7,11-12,14,16,23,30H,8-10,13,15,17H2,(H,29,34)(H,32,33). The van der Waals surface area contributed by atoms with Crippen LogP contribution in [0.3, 0.4) is 0 Å². The number of benzene rings is 2. The van der Waals surface area contributed by atoms with Gasteiger partial charge in [-0.15, -0.1) is 0 Å². The molecule has 1 unspecified atom stereocenters. The van der Waals surface area contributed by atoms with Crippen LogP contribution in [0, 0.1) is 0 Å². The Morgan fingerprint density at radius 2 is 1.94 bits per heavy atom. The molecule has 0 bridgehead atoms. The highest BCUT2D eigenvalue weighted by Gasteiger charge is 2.31. The molecule has 2 aromatic carbocycles. The van der Waals surface area contributed by atoms with Crippen LogP contribution in [0.15, 0.2) is 67.1 Å². The van der Waals surface area contributed by atoms with Crippen LogP contribution in [0.4, 0.5) is 5.69 Å². The van der Waals surface area contributed by atoms with E-state index in [2.05, 4.69) is 20.6 Å². The van der Waals surface area contributed by atoms with Gasteiger partial charge >= 0.3 is 5.97 Å². The fourth-order valence-corrected chi connectivity index (χ4v) is 4.02. The molecule has 2 heterocycles. The molecule has 1 aromatic heterocycles. The fourth-order valence-electron chi connectivity index (χ4n) is 4.02. The summed E-state index contributed by atoms with van der Waals surface area (Å²) in [5.41, 5.74) is 3.72. The number of carbonyl (C=O) groups is 3. The highest BCUT2D eigenvalue weighted by Crippen LogP contribution is 2.26. The first-order chi connectivity index (χ1) is 17.0. The lowest BCUT2D eigenvalue weighted by Crippen LogP contribution is -2.42. The molecule has 1 aliphatic heterocycles. The summed E-state index contributed by atoms with van der Waals surface area (Å²) < 4.78 is 0. The second-order valence-corrected chi connectivity index (χ2v) is 8.36. The Balaban J connectivity index is 1.47. The molecular weight excluding hydrogens is 446 g/mol. The molecule has 0 saturated carbocycles. The minimum absolute atomic E-state index is 0.259. The van der Waals surface area contributed by atoms with Crippen molar-refractivity contribution in [2.24, 2.45) is 0 Å². The molecule has 1 aliphatic rings. The van der Waals surface area contributed by atoms with Crippen LogP contribution in [-0.2, 0) is 29.0 Å². The summed E-state index contributed by atoms with van der Waals surface area (Å²) >= 11 is 0. The smallest absolute Gasteiger partial charge is 0.305 e.